The lowest BCUT2D eigenvalue weighted by Crippen LogP contribution is -2.59. The molecule has 1 N–H and O–H groups in total. The van der Waals surface area contributed by atoms with Crippen molar-refractivity contribution < 1.29 is 0 Å². The molecule has 0 bridgehead atoms. The molecule has 0 aromatic carbocycles. The van der Waals surface area contributed by atoms with Crippen molar-refractivity contribution in [2.24, 2.45) is 29.6 Å². The van der Waals surface area contributed by atoms with Crippen LogP contribution in [0.3, 0.4) is 0 Å². The van der Waals surface area contributed by atoms with Crippen LogP contribution >= 0.6 is 7.92 Å². The second kappa shape index (κ2) is 6.84. The van der Waals surface area contributed by atoms with E-state index < -0.39 is 8.24 Å². The summed E-state index contributed by atoms with van der Waals surface area (Å²) in [6, 6.07) is 0. The first-order valence-electron chi connectivity index (χ1n) is 11.6. The van der Waals surface area contributed by atoms with Gasteiger partial charge in [0.2, 0.25) is 0 Å². The van der Waals surface area contributed by atoms with Crippen LogP contribution in [0, 0.1) is 29.6 Å². The second-order valence-corrected chi connectivity index (χ2v) is 19.1. The standard InChI is InChI=1S/C23H44NPSi/c1-15-12-13-19-18(14-15)20-16-10-8-9-11-17(16)22(21(20)25(19)5)26(6,7)24-23(2,3)4/h15-22,24H,8-14H2,1-7H3. The highest BCUT2D eigenvalue weighted by atomic mass is 31.1. The molecule has 0 aromatic rings. The van der Waals surface area contributed by atoms with Crippen LogP contribution in [0.4, 0.5) is 0 Å². The summed E-state index contributed by atoms with van der Waals surface area (Å²) < 4.78 is 0. The molecule has 3 aliphatic carbocycles. The molecule has 3 saturated carbocycles. The van der Waals surface area contributed by atoms with Gasteiger partial charge in [0.25, 0.3) is 0 Å². The van der Waals surface area contributed by atoms with Gasteiger partial charge in [0.05, 0.1) is 0 Å². The second-order valence-electron chi connectivity index (χ2n) is 12.1. The Morgan fingerprint density at radius 3 is 2.23 bits per heavy atom. The molecule has 0 aromatic heterocycles. The Morgan fingerprint density at radius 2 is 1.58 bits per heavy atom. The average molecular weight is 394 g/mol. The van der Waals surface area contributed by atoms with E-state index >= 15 is 0 Å². The predicted octanol–water partition coefficient (Wildman–Crippen LogP) is 6.68. The van der Waals surface area contributed by atoms with E-state index in [1.807, 2.05) is 0 Å². The number of fused-ring (bicyclic) bond motifs is 5. The van der Waals surface area contributed by atoms with Gasteiger partial charge in [0.15, 0.2) is 0 Å². The van der Waals surface area contributed by atoms with Gasteiger partial charge in [-0.1, -0.05) is 45.7 Å². The number of nitrogens with one attached hydrogen (secondary N) is 1. The normalized spacial score (nSPS) is 48.8. The fourth-order valence-electron chi connectivity index (χ4n) is 8.51. The Kier molecular flexibility index (Phi) is 5.24. The minimum atomic E-state index is -1.46. The fraction of sp³-hybridized carbons (Fsp3) is 1.00. The third kappa shape index (κ3) is 3.29. The lowest BCUT2D eigenvalue weighted by Gasteiger charge is -2.46. The summed E-state index contributed by atoms with van der Waals surface area (Å²) in [7, 11) is -1.23. The first-order chi connectivity index (χ1) is 12.1. The van der Waals surface area contributed by atoms with E-state index in [1.165, 1.54) is 19.3 Å². The quantitative estimate of drug-likeness (QED) is 0.407. The zero-order valence-corrected chi connectivity index (χ0v) is 20.4. The van der Waals surface area contributed by atoms with Crippen LogP contribution in [0.15, 0.2) is 0 Å². The highest BCUT2D eigenvalue weighted by Gasteiger charge is 2.64. The van der Waals surface area contributed by atoms with E-state index in [2.05, 4.69) is 52.4 Å². The topological polar surface area (TPSA) is 12.0 Å². The molecular weight excluding hydrogens is 349 g/mol. The van der Waals surface area contributed by atoms with Gasteiger partial charge in [-0.05, 0) is 93.1 Å². The van der Waals surface area contributed by atoms with Crippen LogP contribution in [0.2, 0.25) is 18.6 Å². The number of hydrogen-bond donors (Lipinski definition) is 1. The molecule has 26 heavy (non-hydrogen) atoms. The van der Waals surface area contributed by atoms with Gasteiger partial charge in [0, 0.05) is 5.54 Å². The molecule has 0 spiro atoms. The van der Waals surface area contributed by atoms with Gasteiger partial charge in [-0.25, -0.2) is 0 Å². The van der Waals surface area contributed by atoms with Gasteiger partial charge in [-0.15, -0.1) is 7.92 Å². The van der Waals surface area contributed by atoms with Gasteiger partial charge < -0.3 is 4.98 Å². The van der Waals surface area contributed by atoms with E-state index in [0.717, 1.165) is 46.4 Å². The summed E-state index contributed by atoms with van der Waals surface area (Å²) in [5, 5.41) is 0. The highest BCUT2D eigenvalue weighted by Crippen LogP contribution is 2.75. The van der Waals surface area contributed by atoms with Gasteiger partial charge in [0.1, 0.15) is 8.24 Å². The maximum absolute atomic E-state index is 4.24. The van der Waals surface area contributed by atoms with Crippen molar-refractivity contribution in [2.75, 3.05) is 6.66 Å². The summed E-state index contributed by atoms with van der Waals surface area (Å²) in [6.45, 7) is 17.9. The lowest BCUT2D eigenvalue weighted by atomic mass is 9.68. The molecule has 1 nitrogen and oxygen atoms in total. The summed E-state index contributed by atoms with van der Waals surface area (Å²) in [5.74, 6) is 5.38. The van der Waals surface area contributed by atoms with Gasteiger partial charge in [-0.2, -0.15) is 0 Å². The number of rotatable bonds is 2. The molecule has 3 heteroatoms. The molecule has 0 amide bonds. The van der Waals surface area contributed by atoms with Crippen LogP contribution in [0.25, 0.3) is 0 Å². The molecule has 0 radical (unpaired) electrons. The Bertz CT molecular complexity index is 527. The Morgan fingerprint density at radius 1 is 0.923 bits per heavy atom. The monoisotopic (exact) mass is 393 g/mol. The van der Waals surface area contributed by atoms with Crippen molar-refractivity contribution in [3.63, 3.8) is 0 Å². The van der Waals surface area contributed by atoms with E-state index in [-0.39, 0.29) is 13.5 Å². The smallest absolute Gasteiger partial charge is 0.123 e. The van der Waals surface area contributed by atoms with Crippen LogP contribution in [-0.2, 0) is 0 Å². The zero-order valence-electron chi connectivity index (χ0n) is 18.5. The molecule has 9 atom stereocenters. The summed E-state index contributed by atoms with van der Waals surface area (Å²) >= 11 is 0. The molecule has 1 saturated heterocycles. The molecule has 4 fully saturated rings. The molecule has 1 heterocycles. The van der Waals surface area contributed by atoms with Crippen molar-refractivity contribution in [3.8, 4) is 0 Å². The van der Waals surface area contributed by atoms with Gasteiger partial charge in [-0.3, -0.25) is 0 Å². The van der Waals surface area contributed by atoms with Crippen molar-refractivity contribution in [3.05, 3.63) is 0 Å². The molecule has 1 aliphatic heterocycles. The Labute approximate surface area is 165 Å². The van der Waals surface area contributed by atoms with Crippen molar-refractivity contribution in [2.45, 2.75) is 108 Å². The fourth-order valence-corrected chi connectivity index (χ4v) is 18.6. The van der Waals surface area contributed by atoms with Crippen molar-refractivity contribution in [1.82, 2.24) is 4.98 Å². The largest absolute Gasteiger partial charge is 0.332 e. The summed E-state index contributed by atoms with van der Waals surface area (Å²) in [6.07, 6.45) is 10.8. The van der Waals surface area contributed by atoms with Crippen LogP contribution in [0.1, 0.15) is 72.6 Å². The maximum atomic E-state index is 4.24. The van der Waals surface area contributed by atoms with Crippen LogP contribution in [-0.4, -0.2) is 31.8 Å². The Balaban J connectivity index is 1.70. The Hall–Kier alpha value is 0.607. The molecule has 4 aliphatic rings. The highest BCUT2D eigenvalue weighted by molar-refractivity contribution is 7.59. The molecule has 9 unspecified atom stereocenters. The van der Waals surface area contributed by atoms with E-state index in [4.69, 9.17) is 0 Å². The average Bonchev–Trinajstić information content (AvgIpc) is 2.99. The third-order valence-corrected chi connectivity index (χ3v) is 16.2. The van der Waals surface area contributed by atoms with E-state index in [1.54, 1.807) is 25.7 Å². The predicted molar refractivity (Wildman–Crippen MR) is 120 cm³/mol. The maximum Gasteiger partial charge on any atom is 0.123 e. The van der Waals surface area contributed by atoms with Gasteiger partial charge >= 0.3 is 0 Å². The SMILES string of the molecule is CC1CCC2C(C1)C1C3CCCCC3C([Si](C)(C)NC(C)(C)C)C1P2C. The van der Waals surface area contributed by atoms with E-state index in [9.17, 15) is 0 Å². The number of hydrogen-bond acceptors (Lipinski definition) is 1. The molecule has 4 rings (SSSR count). The molecular formula is C23H44NPSi. The van der Waals surface area contributed by atoms with Crippen molar-refractivity contribution in [1.29, 1.82) is 0 Å². The summed E-state index contributed by atoms with van der Waals surface area (Å²) in [5.41, 5.74) is 3.55. The minimum absolute atomic E-state index is 0.231. The van der Waals surface area contributed by atoms with Crippen LogP contribution in [0.5, 0.6) is 0 Å². The third-order valence-electron chi connectivity index (χ3n) is 8.74. The van der Waals surface area contributed by atoms with E-state index in [0.29, 0.717) is 0 Å². The first kappa shape index (κ1) is 19.9. The lowest BCUT2D eigenvalue weighted by molar-refractivity contribution is 0.147. The first-order valence-corrected chi connectivity index (χ1v) is 16.6. The van der Waals surface area contributed by atoms with Crippen LogP contribution < -0.4 is 4.98 Å². The van der Waals surface area contributed by atoms with Crippen molar-refractivity contribution >= 4 is 16.2 Å². The molecule has 150 valence electrons. The summed E-state index contributed by atoms with van der Waals surface area (Å²) in [4.78, 5) is 4.24. The zero-order chi connectivity index (χ0) is 18.9. The minimum Gasteiger partial charge on any atom is -0.332 e.